The number of amides is 2. The number of hydrogen-bond donors (Lipinski definition) is 0. The summed E-state index contributed by atoms with van der Waals surface area (Å²) in [4.78, 5) is 28.4. The summed E-state index contributed by atoms with van der Waals surface area (Å²) in [5, 5.41) is 0. The smallest absolute Gasteiger partial charge is 0.228 e. The molecule has 2 amide bonds. The van der Waals surface area contributed by atoms with Gasteiger partial charge in [0.05, 0.1) is 38.6 Å². The molecule has 1 aliphatic heterocycles. The van der Waals surface area contributed by atoms with Gasteiger partial charge in [0, 0.05) is 26.1 Å². The van der Waals surface area contributed by atoms with Crippen molar-refractivity contribution in [2.24, 2.45) is 5.92 Å². The van der Waals surface area contributed by atoms with Gasteiger partial charge in [0.15, 0.2) is 0 Å². The maximum Gasteiger partial charge on any atom is 0.228 e. The van der Waals surface area contributed by atoms with E-state index < -0.39 is 5.92 Å². The van der Waals surface area contributed by atoms with E-state index >= 15 is 0 Å². The number of ether oxygens (including phenoxy) is 2. The van der Waals surface area contributed by atoms with Crippen LogP contribution in [0.2, 0.25) is 0 Å². The average molecular weight is 358 g/mol. The van der Waals surface area contributed by atoms with Gasteiger partial charge in [0.1, 0.15) is 17.3 Å². The molecule has 1 fully saturated rings. The standard InChI is InChI=1S/C19H22N2O5/c1-20(12-15-5-4-8-26-15)19(23)13-9-18(22)21(11-13)16-7-6-14(24-2)10-17(16)25-3/h4-8,10,13H,9,11-12H2,1-3H3. The van der Waals surface area contributed by atoms with Gasteiger partial charge in [0.2, 0.25) is 11.8 Å². The molecule has 0 aliphatic carbocycles. The molecule has 7 heteroatoms. The van der Waals surface area contributed by atoms with Crippen molar-refractivity contribution < 1.29 is 23.5 Å². The van der Waals surface area contributed by atoms with Crippen LogP contribution >= 0.6 is 0 Å². The number of carbonyl (C=O) groups is 2. The monoisotopic (exact) mass is 358 g/mol. The second-order valence-corrected chi connectivity index (χ2v) is 6.22. The second-order valence-electron chi connectivity index (χ2n) is 6.22. The maximum atomic E-state index is 12.7. The van der Waals surface area contributed by atoms with E-state index in [1.807, 2.05) is 6.07 Å². The summed E-state index contributed by atoms with van der Waals surface area (Å²) in [6, 6.07) is 8.86. The highest BCUT2D eigenvalue weighted by Crippen LogP contribution is 2.36. The van der Waals surface area contributed by atoms with Crippen LogP contribution in [0.4, 0.5) is 5.69 Å². The highest BCUT2D eigenvalue weighted by Gasteiger charge is 2.37. The molecule has 2 aromatic rings. The van der Waals surface area contributed by atoms with Gasteiger partial charge in [-0.05, 0) is 24.3 Å². The van der Waals surface area contributed by atoms with Crippen molar-refractivity contribution in [1.29, 1.82) is 0 Å². The first kappa shape index (κ1) is 17.8. The number of carbonyl (C=O) groups excluding carboxylic acids is 2. The Hall–Kier alpha value is -2.96. The van der Waals surface area contributed by atoms with Crippen molar-refractivity contribution in [3.05, 3.63) is 42.4 Å². The minimum Gasteiger partial charge on any atom is -0.497 e. The molecule has 1 unspecified atom stereocenters. The van der Waals surface area contributed by atoms with Gasteiger partial charge < -0.3 is 23.7 Å². The molecule has 0 spiro atoms. The molecule has 0 saturated carbocycles. The zero-order chi connectivity index (χ0) is 18.7. The van der Waals surface area contributed by atoms with Gasteiger partial charge in [-0.15, -0.1) is 0 Å². The first-order chi connectivity index (χ1) is 12.5. The molecule has 1 aliphatic rings. The molecule has 3 rings (SSSR count). The molecular weight excluding hydrogens is 336 g/mol. The van der Waals surface area contributed by atoms with Gasteiger partial charge >= 0.3 is 0 Å². The van der Waals surface area contributed by atoms with Crippen molar-refractivity contribution in [3.63, 3.8) is 0 Å². The van der Waals surface area contributed by atoms with E-state index in [9.17, 15) is 9.59 Å². The lowest BCUT2D eigenvalue weighted by Gasteiger charge is -2.22. The fourth-order valence-corrected chi connectivity index (χ4v) is 3.14. The molecule has 1 saturated heterocycles. The van der Waals surface area contributed by atoms with Crippen molar-refractivity contribution in [2.75, 3.05) is 32.7 Å². The first-order valence-corrected chi connectivity index (χ1v) is 8.33. The largest absolute Gasteiger partial charge is 0.497 e. The van der Waals surface area contributed by atoms with E-state index in [0.717, 1.165) is 0 Å². The third-order valence-corrected chi connectivity index (χ3v) is 4.50. The number of anilines is 1. The molecule has 0 bridgehead atoms. The Morgan fingerprint density at radius 3 is 2.77 bits per heavy atom. The SMILES string of the molecule is COc1ccc(N2CC(C(=O)N(C)Cc3ccco3)CC2=O)c(OC)c1. The summed E-state index contributed by atoms with van der Waals surface area (Å²) in [5.74, 6) is 1.31. The van der Waals surface area contributed by atoms with Gasteiger partial charge in [-0.2, -0.15) is 0 Å². The van der Waals surface area contributed by atoms with Crippen LogP contribution in [0.5, 0.6) is 11.5 Å². The summed E-state index contributed by atoms with van der Waals surface area (Å²) in [6.07, 6.45) is 1.75. The number of nitrogens with zero attached hydrogens (tertiary/aromatic N) is 2. The Kier molecular flexibility index (Phi) is 5.16. The Labute approximate surface area is 152 Å². The lowest BCUT2D eigenvalue weighted by atomic mass is 10.1. The van der Waals surface area contributed by atoms with Crippen molar-refractivity contribution >= 4 is 17.5 Å². The van der Waals surface area contributed by atoms with Crippen LogP contribution in [-0.4, -0.2) is 44.5 Å². The van der Waals surface area contributed by atoms with Crippen LogP contribution in [0.1, 0.15) is 12.2 Å². The molecule has 138 valence electrons. The zero-order valence-corrected chi connectivity index (χ0v) is 15.1. The summed E-state index contributed by atoms with van der Waals surface area (Å²) < 4.78 is 15.9. The second kappa shape index (κ2) is 7.51. The van der Waals surface area contributed by atoms with Crippen LogP contribution in [-0.2, 0) is 16.1 Å². The third-order valence-electron chi connectivity index (χ3n) is 4.50. The van der Waals surface area contributed by atoms with Crippen molar-refractivity contribution in [2.45, 2.75) is 13.0 Å². The molecule has 26 heavy (non-hydrogen) atoms. The minimum atomic E-state index is -0.394. The molecule has 2 heterocycles. The van der Waals surface area contributed by atoms with Crippen molar-refractivity contribution in [3.8, 4) is 11.5 Å². The fraction of sp³-hybridized carbons (Fsp3) is 0.368. The van der Waals surface area contributed by atoms with Gasteiger partial charge in [-0.3, -0.25) is 9.59 Å². The normalized spacial score (nSPS) is 16.7. The van der Waals surface area contributed by atoms with E-state index in [1.54, 1.807) is 61.6 Å². The first-order valence-electron chi connectivity index (χ1n) is 8.33. The van der Waals surface area contributed by atoms with Crippen LogP contribution in [0.3, 0.4) is 0 Å². The highest BCUT2D eigenvalue weighted by atomic mass is 16.5. The molecule has 1 aromatic carbocycles. The highest BCUT2D eigenvalue weighted by molar-refractivity contribution is 6.01. The van der Waals surface area contributed by atoms with E-state index in [2.05, 4.69) is 0 Å². The predicted molar refractivity (Wildman–Crippen MR) is 95.2 cm³/mol. The number of furan rings is 1. The number of benzene rings is 1. The zero-order valence-electron chi connectivity index (χ0n) is 15.1. The van der Waals surface area contributed by atoms with Crippen LogP contribution < -0.4 is 14.4 Å². The van der Waals surface area contributed by atoms with E-state index in [0.29, 0.717) is 36.0 Å². The average Bonchev–Trinajstić information content (AvgIpc) is 3.30. The quantitative estimate of drug-likeness (QED) is 0.792. The van der Waals surface area contributed by atoms with Gasteiger partial charge in [-0.25, -0.2) is 0 Å². The lowest BCUT2D eigenvalue weighted by Crippen LogP contribution is -2.34. The Morgan fingerprint density at radius 1 is 1.31 bits per heavy atom. The molecule has 1 atom stereocenters. The molecule has 7 nitrogen and oxygen atoms in total. The number of rotatable bonds is 6. The van der Waals surface area contributed by atoms with Gasteiger partial charge in [-0.1, -0.05) is 0 Å². The molecular formula is C19H22N2O5. The molecule has 0 radical (unpaired) electrons. The van der Waals surface area contributed by atoms with Crippen LogP contribution in [0, 0.1) is 5.92 Å². The number of hydrogen-bond acceptors (Lipinski definition) is 5. The van der Waals surface area contributed by atoms with Crippen LogP contribution in [0.25, 0.3) is 0 Å². The number of methoxy groups -OCH3 is 2. The van der Waals surface area contributed by atoms with Crippen LogP contribution in [0.15, 0.2) is 41.0 Å². The predicted octanol–water partition coefficient (Wildman–Crippen LogP) is 2.31. The third kappa shape index (κ3) is 3.51. The summed E-state index contributed by atoms with van der Waals surface area (Å²) in [5.41, 5.74) is 0.641. The van der Waals surface area contributed by atoms with Gasteiger partial charge in [0.25, 0.3) is 0 Å². The summed E-state index contributed by atoms with van der Waals surface area (Å²) >= 11 is 0. The Balaban J connectivity index is 1.73. The molecule has 1 aromatic heterocycles. The molecule has 0 N–H and O–H groups in total. The Morgan fingerprint density at radius 2 is 2.12 bits per heavy atom. The van der Waals surface area contributed by atoms with E-state index in [-0.39, 0.29) is 18.2 Å². The van der Waals surface area contributed by atoms with Crippen molar-refractivity contribution in [1.82, 2.24) is 4.90 Å². The van der Waals surface area contributed by atoms with E-state index in [1.165, 1.54) is 0 Å². The van der Waals surface area contributed by atoms with E-state index in [4.69, 9.17) is 13.9 Å². The summed E-state index contributed by atoms with van der Waals surface area (Å²) in [7, 11) is 4.82. The summed E-state index contributed by atoms with van der Waals surface area (Å²) in [6.45, 7) is 0.700. The lowest BCUT2D eigenvalue weighted by molar-refractivity contribution is -0.135. The fourth-order valence-electron chi connectivity index (χ4n) is 3.14. The minimum absolute atomic E-state index is 0.0790. The maximum absolute atomic E-state index is 12.7. The Bertz CT molecular complexity index is 787. The topological polar surface area (TPSA) is 72.2 Å².